The molecule has 0 amide bonds. The van der Waals surface area contributed by atoms with Crippen molar-refractivity contribution in [2.45, 2.75) is 12.8 Å². The van der Waals surface area contributed by atoms with E-state index in [4.69, 9.17) is 23.7 Å². The van der Waals surface area contributed by atoms with Crippen LogP contribution in [0, 0.1) is 11.8 Å². The van der Waals surface area contributed by atoms with Gasteiger partial charge in [-0.05, 0) is 48.2 Å². The molecule has 0 unspecified atom stereocenters. The van der Waals surface area contributed by atoms with Crippen LogP contribution in [0.5, 0.6) is 28.7 Å². The second-order valence-electron chi connectivity index (χ2n) is 6.94. The maximum atomic E-state index is 12.3. The van der Waals surface area contributed by atoms with Crippen LogP contribution >= 0.6 is 0 Å². The molecule has 0 aliphatic carbocycles. The summed E-state index contributed by atoms with van der Waals surface area (Å²) in [5.74, 6) is 1.89. The van der Waals surface area contributed by atoms with Crippen LogP contribution in [0.3, 0.4) is 0 Å². The van der Waals surface area contributed by atoms with Gasteiger partial charge in [0, 0.05) is 5.92 Å². The molecule has 1 N–H and O–H groups in total. The first-order chi connectivity index (χ1) is 13.6. The number of esters is 1. The lowest BCUT2D eigenvalue weighted by Gasteiger charge is -2.17. The van der Waals surface area contributed by atoms with E-state index in [9.17, 15) is 9.90 Å². The average Bonchev–Trinajstić information content (AvgIpc) is 3.30. The monoisotopic (exact) mass is 386 g/mol. The Morgan fingerprint density at radius 1 is 1.00 bits per heavy atom. The molecular weight excluding hydrogens is 364 g/mol. The molecular formula is C21H22O7. The third-order valence-corrected chi connectivity index (χ3v) is 5.23. The van der Waals surface area contributed by atoms with Crippen LogP contribution < -0.4 is 18.9 Å². The lowest BCUT2D eigenvalue weighted by Crippen LogP contribution is -2.20. The summed E-state index contributed by atoms with van der Waals surface area (Å²) < 4.78 is 26.8. The molecule has 0 bridgehead atoms. The van der Waals surface area contributed by atoms with Crippen LogP contribution in [0.4, 0.5) is 0 Å². The van der Waals surface area contributed by atoms with E-state index in [1.54, 1.807) is 25.3 Å². The summed E-state index contributed by atoms with van der Waals surface area (Å²) in [6.07, 6.45) is 1.17. The van der Waals surface area contributed by atoms with Gasteiger partial charge in [-0.25, -0.2) is 0 Å². The number of phenols is 1. The van der Waals surface area contributed by atoms with Gasteiger partial charge in [0.05, 0.1) is 26.7 Å². The number of carbonyl (C=O) groups excluding carboxylic acids is 1. The number of hydrogen-bond donors (Lipinski definition) is 1. The highest BCUT2D eigenvalue weighted by atomic mass is 16.7. The maximum Gasteiger partial charge on any atom is 0.309 e. The Labute approximate surface area is 162 Å². The van der Waals surface area contributed by atoms with Crippen LogP contribution in [0.15, 0.2) is 30.3 Å². The van der Waals surface area contributed by atoms with E-state index in [0.717, 1.165) is 11.1 Å². The molecule has 1 saturated heterocycles. The summed E-state index contributed by atoms with van der Waals surface area (Å²) in [5.41, 5.74) is 1.91. The van der Waals surface area contributed by atoms with Crippen LogP contribution in [0.2, 0.25) is 0 Å². The summed E-state index contributed by atoms with van der Waals surface area (Å²) in [6.45, 7) is 0.543. The highest BCUT2D eigenvalue weighted by Gasteiger charge is 2.37. The molecule has 7 nitrogen and oxygen atoms in total. The minimum absolute atomic E-state index is 0.0253. The molecule has 0 spiro atoms. The molecule has 2 heterocycles. The van der Waals surface area contributed by atoms with Gasteiger partial charge < -0.3 is 28.8 Å². The quantitative estimate of drug-likeness (QED) is 0.764. The molecule has 2 aliphatic rings. The van der Waals surface area contributed by atoms with Crippen molar-refractivity contribution in [1.29, 1.82) is 0 Å². The van der Waals surface area contributed by atoms with Crippen LogP contribution in [-0.2, 0) is 22.4 Å². The van der Waals surface area contributed by atoms with E-state index in [2.05, 4.69) is 0 Å². The minimum atomic E-state index is -0.273. The van der Waals surface area contributed by atoms with Crippen molar-refractivity contribution in [3.63, 3.8) is 0 Å². The normalized spacial score (nSPS) is 20.1. The fourth-order valence-electron chi connectivity index (χ4n) is 3.76. The van der Waals surface area contributed by atoms with Crippen molar-refractivity contribution in [1.82, 2.24) is 0 Å². The van der Waals surface area contributed by atoms with Gasteiger partial charge in [0.25, 0.3) is 0 Å². The molecule has 0 radical (unpaired) electrons. The van der Waals surface area contributed by atoms with Crippen molar-refractivity contribution in [2.24, 2.45) is 11.8 Å². The Kier molecular flexibility index (Phi) is 4.90. The lowest BCUT2D eigenvalue weighted by molar-refractivity contribution is -0.141. The third-order valence-electron chi connectivity index (χ3n) is 5.23. The Balaban J connectivity index is 1.54. The van der Waals surface area contributed by atoms with Gasteiger partial charge in [0.1, 0.15) is 0 Å². The second-order valence-corrected chi connectivity index (χ2v) is 6.94. The zero-order valence-electron chi connectivity index (χ0n) is 15.8. The summed E-state index contributed by atoms with van der Waals surface area (Å²) in [6, 6.07) is 8.96. The number of ether oxygens (including phenoxy) is 5. The SMILES string of the molecule is COc1cc(C[C@@H]2C(=O)OC[C@H]2Cc2cc(OC)c3c(c2)OCO3)ccc1O. The number of cyclic esters (lactones) is 1. The zero-order chi connectivity index (χ0) is 19.7. The van der Waals surface area contributed by atoms with Crippen molar-refractivity contribution in [2.75, 3.05) is 27.6 Å². The van der Waals surface area contributed by atoms with E-state index in [0.29, 0.717) is 42.4 Å². The smallest absolute Gasteiger partial charge is 0.309 e. The van der Waals surface area contributed by atoms with E-state index in [1.165, 1.54) is 7.11 Å². The molecule has 4 rings (SSSR count). The van der Waals surface area contributed by atoms with E-state index >= 15 is 0 Å². The van der Waals surface area contributed by atoms with Gasteiger partial charge in [-0.1, -0.05) is 6.07 Å². The van der Waals surface area contributed by atoms with Gasteiger partial charge in [-0.15, -0.1) is 0 Å². The van der Waals surface area contributed by atoms with Gasteiger partial charge in [0.15, 0.2) is 23.0 Å². The molecule has 28 heavy (non-hydrogen) atoms. The zero-order valence-corrected chi connectivity index (χ0v) is 15.8. The molecule has 2 aliphatic heterocycles. The number of fused-ring (bicyclic) bond motifs is 1. The number of carbonyl (C=O) groups is 1. The molecule has 1 fully saturated rings. The van der Waals surface area contributed by atoms with Crippen LogP contribution in [0.25, 0.3) is 0 Å². The summed E-state index contributed by atoms with van der Waals surface area (Å²) in [4.78, 5) is 12.3. The summed E-state index contributed by atoms with van der Waals surface area (Å²) >= 11 is 0. The first-order valence-corrected chi connectivity index (χ1v) is 9.08. The van der Waals surface area contributed by atoms with Gasteiger partial charge in [-0.3, -0.25) is 4.79 Å². The predicted octanol–water partition coefficient (Wildman–Crippen LogP) is 2.71. The number of aromatic hydroxyl groups is 1. The fourth-order valence-corrected chi connectivity index (χ4v) is 3.76. The van der Waals surface area contributed by atoms with Crippen LogP contribution in [-0.4, -0.2) is 38.7 Å². The largest absolute Gasteiger partial charge is 0.504 e. The Morgan fingerprint density at radius 2 is 1.79 bits per heavy atom. The number of benzene rings is 2. The first-order valence-electron chi connectivity index (χ1n) is 9.08. The summed E-state index contributed by atoms with van der Waals surface area (Å²) in [5, 5.41) is 9.77. The third kappa shape index (κ3) is 3.40. The minimum Gasteiger partial charge on any atom is -0.504 e. The Bertz CT molecular complexity index is 893. The van der Waals surface area contributed by atoms with E-state index in [1.807, 2.05) is 12.1 Å². The van der Waals surface area contributed by atoms with Gasteiger partial charge >= 0.3 is 5.97 Å². The number of phenolic OH excluding ortho intramolecular Hbond substituents is 1. The van der Waals surface area contributed by atoms with Crippen molar-refractivity contribution >= 4 is 5.97 Å². The lowest BCUT2D eigenvalue weighted by atomic mass is 9.85. The first kappa shape index (κ1) is 18.3. The molecule has 7 heteroatoms. The molecule has 2 aromatic carbocycles. The van der Waals surface area contributed by atoms with Crippen molar-refractivity contribution in [3.8, 4) is 28.7 Å². The topological polar surface area (TPSA) is 83.5 Å². The highest BCUT2D eigenvalue weighted by molar-refractivity contribution is 5.75. The van der Waals surface area contributed by atoms with Crippen molar-refractivity contribution in [3.05, 3.63) is 41.5 Å². The highest BCUT2D eigenvalue weighted by Crippen LogP contribution is 2.43. The summed E-state index contributed by atoms with van der Waals surface area (Å²) in [7, 11) is 3.09. The van der Waals surface area contributed by atoms with Crippen LogP contribution in [0.1, 0.15) is 11.1 Å². The van der Waals surface area contributed by atoms with Gasteiger partial charge in [-0.2, -0.15) is 0 Å². The number of methoxy groups -OCH3 is 2. The second kappa shape index (κ2) is 7.50. The van der Waals surface area contributed by atoms with E-state index in [-0.39, 0.29) is 30.3 Å². The molecule has 148 valence electrons. The molecule has 0 saturated carbocycles. The number of hydrogen-bond acceptors (Lipinski definition) is 7. The van der Waals surface area contributed by atoms with Gasteiger partial charge in [0.2, 0.25) is 12.5 Å². The fraction of sp³-hybridized carbons (Fsp3) is 0.381. The Hall–Kier alpha value is -3.09. The average molecular weight is 386 g/mol. The van der Waals surface area contributed by atoms with E-state index < -0.39 is 0 Å². The standard InChI is InChI=1S/C21H22O7/c1-24-17-7-12(3-4-16(17)22)6-15-14(10-26-21(15)23)5-13-8-18(25-2)20-19(9-13)27-11-28-20/h3-4,7-9,14-15,22H,5-6,10-11H2,1-2H3/t14-,15+/m1/s1. The molecule has 2 atom stereocenters. The van der Waals surface area contributed by atoms with Crippen molar-refractivity contribution < 1.29 is 33.6 Å². The maximum absolute atomic E-state index is 12.3. The number of rotatable bonds is 6. The molecule has 0 aromatic heterocycles. The Morgan fingerprint density at radius 3 is 2.57 bits per heavy atom. The predicted molar refractivity (Wildman–Crippen MR) is 99.1 cm³/mol. The molecule has 2 aromatic rings.